The maximum absolute atomic E-state index is 12.4. The summed E-state index contributed by atoms with van der Waals surface area (Å²) in [6.07, 6.45) is -0.106. The van der Waals surface area contributed by atoms with Crippen LogP contribution in [0.25, 0.3) is 21.8 Å². The van der Waals surface area contributed by atoms with Gasteiger partial charge in [-0.25, -0.2) is 0 Å². The molecule has 0 saturated heterocycles. The van der Waals surface area contributed by atoms with Crippen LogP contribution in [-0.4, -0.2) is 16.1 Å². The van der Waals surface area contributed by atoms with Crippen molar-refractivity contribution in [3.63, 3.8) is 0 Å². The number of fused-ring (bicyclic) bond motifs is 2. The van der Waals surface area contributed by atoms with Gasteiger partial charge < -0.3 is 10.1 Å². The predicted octanol–water partition coefficient (Wildman–Crippen LogP) is 2.31. The number of hydrogen-bond acceptors (Lipinski definition) is 2. The van der Waals surface area contributed by atoms with Gasteiger partial charge in [0.05, 0.1) is 11.9 Å². The zero-order valence-electron chi connectivity index (χ0n) is 10.0. The molecule has 1 aromatic heterocycles. The van der Waals surface area contributed by atoms with Crippen molar-refractivity contribution in [3.8, 4) is 0 Å². The summed E-state index contributed by atoms with van der Waals surface area (Å²) in [6.45, 7) is 0. The van der Waals surface area contributed by atoms with Gasteiger partial charge in [0.15, 0.2) is 5.43 Å². The minimum atomic E-state index is -0.915. The SMILES string of the molecule is O=C(O)Cc1cccc2c(=O)c3ccccc3[nH]c12. The zero-order valence-corrected chi connectivity index (χ0v) is 10.0. The molecular weight excluding hydrogens is 242 g/mol. The van der Waals surface area contributed by atoms with Crippen LogP contribution in [0.4, 0.5) is 0 Å². The molecule has 0 unspecified atom stereocenters. The van der Waals surface area contributed by atoms with Crippen LogP contribution in [0.2, 0.25) is 0 Å². The molecule has 4 nitrogen and oxygen atoms in total. The van der Waals surface area contributed by atoms with Crippen molar-refractivity contribution >= 4 is 27.8 Å². The highest BCUT2D eigenvalue weighted by Crippen LogP contribution is 2.18. The van der Waals surface area contributed by atoms with E-state index in [4.69, 9.17) is 5.11 Å². The highest BCUT2D eigenvalue weighted by atomic mass is 16.4. The minimum absolute atomic E-state index is 0.0726. The molecule has 1 heterocycles. The molecule has 0 saturated carbocycles. The minimum Gasteiger partial charge on any atom is -0.481 e. The van der Waals surface area contributed by atoms with Gasteiger partial charge in [-0.1, -0.05) is 24.3 Å². The molecule has 0 spiro atoms. The van der Waals surface area contributed by atoms with Gasteiger partial charge in [-0.05, 0) is 23.8 Å². The summed E-state index contributed by atoms with van der Waals surface area (Å²) in [7, 11) is 0. The van der Waals surface area contributed by atoms with Crippen LogP contribution in [0.15, 0.2) is 47.3 Å². The predicted molar refractivity (Wildman–Crippen MR) is 73.4 cm³/mol. The third kappa shape index (κ3) is 1.87. The molecule has 2 N–H and O–H groups in total. The monoisotopic (exact) mass is 253 g/mol. The van der Waals surface area contributed by atoms with Gasteiger partial charge in [0, 0.05) is 16.3 Å². The summed E-state index contributed by atoms with van der Waals surface area (Å²) in [6, 6.07) is 12.4. The zero-order chi connectivity index (χ0) is 13.4. The highest BCUT2D eigenvalue weighted by Gasteiger charge is 2.10. The van der Waals surface area contributed by atoms with Gasteiger partial charge in [-0.15, -0.1) is 0 Å². The molecule has 0 aliphatic rings. The van der Waals surface area contributed by atoms with E-state index >= 15 is 0 Å². The molecule has 0 bridgehead atoms. The molecule has 0 radical (unpaired) electrons. The van der Waals surface area contributed by atoms with Crippen molar-refractivity contribution in [3.05, 3.63) is 58.3 Å². The first-order valence-electron chi connectivity index (χ1n) is 5.91. The Morgan fingerprint density at radius 3 is 2.58 bits per heavy atom. The molecule has 19 heavy (non-hydrogen) atoms. The standard InChI is InChI=1S/C15H11NO3/c17-13(18)8-9-4-3-6-11-14(9)16-12-7-2-1-5-10(12)15(11)19/h1-7H,8H2,(H,16,19)(H,17,18). The van der Waals surface area contributed by atoms with Crippen molar-refractivity contribution in [2.75, 3.05) is 0 Å². The van der Waals surface area contributed by atoms with E-state index in [9.17, 15) is 9.59 Å². The summed E-state index contributed by atoms with van der Waals surface area (Å²) in [5.74, 6) is -0.915. The number of carboxylic acids is 1. The Bertz CT molecular complexity index is 849. The smallest absolute Gasteiger partial charge is 0.307 e. The van der Waals surface area contributed by atoms with E-state index in [1.54, 1.807) is 24.3 Å². The lowest BCUT2D eigenvalue weighted by Gasteiger charge is -2.06. The van der Waals surface area contributed by atoms with Crippen molar-refractivity contribution in [1.82, 2.24) is 4.98 Å². The van der Waals surface area contributed by atoms with E-state index in [1.165, 1.54) is 0 Å². The summed E-state index contributed by atoms with van der Waals surface area (Å²) in [5, 5.41) is 10.1. The third-order valence-electron chi connectivity index (χ3n) is 3.17. The fraction of sp³-hybridized carbons (Fsp3) is 0.0667. The lowest BCUT2D eigenvalue weighted by Crippen LogP contribution is -2.07. The van der Waals surface area contributed by atoms with Crippen LogP contribution >= 0.6 is 0 Å². The van der Waals surface area contributed by atoms with Crippen molar-refractivity contribution in [2.45, 2.75) is 6.42 Å². The topological polar surface area (TPSA) is 70.2 Å². The number of aromatic nitrogens is 1. The second-order valence-electron chi connectivity index (χ2n) is 4.41. The average molecular weight is 253 g/mol. The highest BCUT2D eigenvalue weighted by molar-refractivity contribution is 5.94. The first-order chi connectivity index (χ1) is 9.16. The number of nitrogens with one attached hydrogen (secondary N) is 1. The number of carbonyl (C=O) groups is 1. The van der Waals surface area contributed by atoms with Crippen LogP contribution in [0.3, 0.4) is 0 Å². The van der Waals surface area contributed by atoms with Gasteiger partial charge in [-0.3, -0.25) is 9.59 Å². The number of aliphatic carboxylic acids is 1. The Labute approximate surface area is 108 Å². The van der Waals surface area contributed by atoms with E-state index < -0.39 is 5.97 Å². The van der Waals surface area contributed by atoms with E-state index in [-0.39, 0.29) is 11.8 Å². The number of H-pyrrole nitrogens is 1. The molecule has 0 aliphatic carbocycles. The van der Waals surface area contributed by atoms with Crippen LogP contribution in [-0.2, 0) is 11.2 Å². The molecule has 2 aromatic carbocycles. The molecule has 94 valence electrons. The van der Waals surface area contributed by atoms with Crippen LogP contribution in [0, 0.1) is 0 Å². The molecular formula is C15H11NO3. The second-order valence-corrected chi connectivity index (χ2v) is 4.41. The summed E-state index contributed by atoms with van der Waals surface area (Å²) in [5.41, 5.74) is 1.87. The first kappa shape index (κ1) is 11.5. The lowest BCUT2D eigenvalue weighted by molar-refractivity contribution is -0.136. The molecule has 4 heteroatoms. The number of aromatic amines is 1. The van der Waals surface area contributed by atoms with Gasteiger partial charge in [-0.2, -0.15) is 0 Å². The number of rotatable bonds is 2. The van der Waals surface area contributed by atoms with Crippen molar-refractivity contribution < 1.29 is 9.90 Å². The van der Waals surface area contributed by atoms with Gasteiger partial charge >= 0.3 is 5.97 Å². The van der Waals surface area contributed by atoms with Gasteiger partial charge in [0.1, 0.15) is 0 Å². The molecule has 0 aliphatic heterocycles. The van der Waals surface area contributed by atoms with Gasteiger partial charge in [0.25, 0.3) is 0 Å². The number of para-hydroxylation sites is 2. The number of benzene rings is 2. The summed E-state index contributed by atoms with van der Waals surface area (Å²) in [4.78, 5) is 26.4. The Balaban J connectivity index is 2.44. The quantitative estimate of drug-likeness (QED) is 0.688. The molecule has 0 atom stereocenters. The average Bonchev–Trinajstić information content (AvgIpc) is 2.40. The van der Waals surface area contributed by atoms with Crippen LogP contribution in [0.5, 0.6) is 0 Å². The van der Waals surface area contributed by atoms with Crippen molar-refractivity contribution in [1.29, 1.82) is 0 Å². The van der Waals surface area contributed by atoms with Crippen LogP contribution in [0.1, 0.15) is 5.56 Å². The maximum Gasteiger partial charge on any atom is 0.307 e. The summed E-state index contributed by atoms with van der Waals surface area (Å²) >= 11 is 0. The van der Waals surface area contributed by atoms with E-state index in [2.05, 4.69) is 4.98 Å². The van der Waals surface area contributed by atoms with E-state index in [0.29, 0.717) is 21.9 Å². The Morgan fingerprint density at radius 2 is 1.79 bits per heavy atom. The molecule has 0 amide bonds. The molecule has 3 rings (SSSR count). The first-order valence-corrected chi connectivity index (χ1v) is 5.91. The Morgan fingerprint density at radius 1 is 1.05 bits per heavy atom. The normalized spacial score (nSPS) is 10.9. The number of hydrogen-bond donors (Lipinski definition) is 2. The largest absolute Gasteiger partial charge is 0.481 e. The Kier molecular flexibility index (Phi) is 2.56. The molecule has 0 fully saturated rings. The van der Waals surface area contributed by atoms with Crippen molar-refractivity contribution in [2.24, 2.45) is 0 Å². The van der Waals surface area contributed by atoms with E-state index in [0.717, 1.165) is 5.52 Å². The fourth-order valence-corrected chi connectivity index (χ4v) is 2.32. The molecule has 3 aromatic rings. The Hall–Kier alpha value is -2.62. The van der Waals surface area contributed by atoms with Crippen LogP contribution < -0.4 is 5.43 Å². The lowest BCUT2D eigenvalue weighted by atomic mass is 10.0. The fourth-order valence-electron chi connectivity index (χ4n) is 2.32. The third-order valence-corrected chi connectivity index (χ3v) is 3.17. The number of pyridine rings is 1. The van der Waals surface area contributed by atoms with Gasteiger partial charge in [0.2, 0.25) is 0 Å². The maximum atomic E-state index is 12.4. The second kappa shape index (κ2) is 4.24. The summed E-state index contributed by atoms with van der Waals surface area (Å²) < 4.78 is 0. The number of carboxylic acid groups (broad SMARTS) is 1. The van der Waals surface area contributed by atoms with E-state index in [1.807, 2.05) is 18.2 Å².